The van der Waals surface area contributed by atoms with E-state index in [2.05, 4.69) is 10.3 Å². The highest BCUT2D eigenvalue weighted by molar-refractivity contribution is 6.35. The van der Waals surface area contributed by atoms with Crippen molar-refractivity contribution in [2.24, 2.45) is 5.92 Å². The molecule has 6 heteroatoms. The first-order valence-electron chi connectivity index (χ1n) is 5.24. The van der Waals surface area contributed by atoms with Crippen LogP contribution in [0.5, 0.6) is 0 Å². The third-order valence-corrected chi connectivity index (χ3v) is 2.81. The molecule has 1 aromatic heterocycles. The number of hydrogen-bond donors (Lipinski definition) is 2. The van der Waals surface area contributed by atoms with Gasteiger partial charge in [0.25, 0.3) is 5.91 Å². The van der Waals surface area contributed by atoms with Gasteiger partial charge in [-0.25, -0.2) is 4.98 Å². The highest BCUT2D eigenvalue weighted by Crippen LogP contribution is 2.17. The fraction of sp³-hybridized carbons (Fsp3) is 0.455. The molecule has 1 atom stereocenters. The fourth-order valence-electron chi connectivity index (χ4n) is 1.27. The number of aromatic nitrogens is 1. The zero-order valence-corrected chi connectivity index (χ0v) is 10.9. The molecule has 0 aliphatic rings. The van der Waals surface area contributed by atoms with Crippen molar-refractivity contribution in [3.05, 3.63) is 28.0 Å². The summed E-state index contributed by atoms with van der Waals surface area (Å²) >= 11 is 11.5. The quantitative estimate of drug-likeness (QED) is 0.810. The van der Waals surface area contributed by atoms with Gasteiger partial charge in [-0.05, 0) is 18.4 Å². The van der Waals surface area contributed by atoms with Crippen molar-refractivity contribution in [3.8, 4) is 0 Å². The van der Waals surface area contributed by atoms with E-state index >= 15 is 0 Å². The number of amides is 1. The third kappa shape index (κ3) is 4.50. The van der Waals surface area contributed by atoms with Crippen molar-refractivity contribution in [2.45, 2.75) is 13.3 Å². The number of nitrogens with one attached hydrogen (secondary N) is 1. The third-order valence-electron chi connectivity index (χ3n) is 2.30. The van der Waals surface area contributed by atoms with Gasteiger partial charge in [0.15, 0.2) is 0 Å². The number of halogens is 2. The Morgan fingerprint density at radius 2 is 2.29 bits per heavy atom. The molecule has 94 valence electrons. The van der Waals surface area contributed by atoms with Crippen LogP contribution >= 0.6 is 23.2 Å². The number of carbonyl (C=O) groups excluding carboxylic acids is 1. The first-order chi connectivity index (χ1) is 8.04. The lowest BCUT2D eigenvalue weighted by molar-refractivity contribution is 0.0945. The van der Waals surface area contributed by atoms with E-state index in [1.54, 1.807) is 0 Å². The average Bonchev–Trinajstić information content (AvgIpc) is 2.29. The molecule has 2 N–H and O–H groups in total. The van der Waals surface area contributed by atoms with Crippen LogP contribution in [0, 0.1) is 5.92 Å². The number of nitrogens with zero attached hydrogens (tertiary/aromatic N) is 1. The summed E-state index contributed by atoms with van der Waals surface area (Å²) in [4.78, 5) is 15.5. The van der Waals surface area contributed by atoms with Gasteiger partial charge in [-0.15, -0.1) is 0 Å². The Morgan fingerprint density at radius 1 is 1.59 bits per heavy atom. The van der Waals surface area contributed by atoms with Gasteiger partial charge in [0.2, 0.25) is 0 Å². The Morgan fingerprint density at radius 3 is 2.94 bits per heavy atom. The smallest absolute Gasteiger partial charge is 0.252 e. The Balaban J connectivity index is 2.61. The summed E-state index contributed by atoms with van der Waals surface area (Å²) in [5.41, 5.74) is 0.308. The second-order valence-electron chi connectivity index (χ2n) is 3.81. The lowest BCUT2D eigenvalue weighted by atomic mass is 10.1. The van der Waals surface area contributed by atoms with Crippen LogP contribution in [0.25, 0.3) is 0 Å². The van der Waals surface area contributed by atoms with Crippen LogP contribution in [0.4, 0.5) is 0 Å². The van der Waals surface area contributed by atoms with Gasteiger partial charge in [0, 0.05) is 19.3 Å². The molecule has 0 bridgehead atoms. The number of carbonyl (C=O) groups is 1. The summed E-state index contributed by atoms with van der Waals surface area (Å²) in [6.07, 6.45) is 1.99. The van der Waals surface area contributed by atoms with E-state index in [-0.39, 0.29) is 28.6 Å². The van der Waals surface area contributed by atoms with Gasteiger partial charge in [-0.1, -0.05) is 30.1 Å². The number of rotatable bonds is 5. The van der Waals surface area contributed by atoms with Gasteiger partial charge in [-0.3, -0.25) is 4.79 Å². The maximum Gasteiger partial charge on any atom is 0.252 e. The zero-order valence-electron chi connectivity index (χ0n) is 9.41. The van der Waals surface area contributed by atoms with E-state index in [0.29, 0.717) is 18.5 Å². The SMILES string of the molecule is CC(CCO)CNC(=O)c1cc(Cl)ncc1Cl. The predicted octanol–water partition coefficient (Wildman–Crippen LogP) is 2.14. The van der Waals surface area contributed by atoms with Gasteiger partial charge >= 0.3 is 0 Å². The van der Waals surface area contributed by atoms with E-state index in [0.717, 1.165) is 0 Å². The maximum absolute atomic E-state index is 11.8. The molecular formula is C11H14Cl2N2O2. The lowest BCUT2D eigenvalue weighted by Crippen LogP contribution is -2.28. The minimum Gasteiger partial charge on any atom is -0.396 e. The summed E-state index contributed by atoms with van der Waals surface area (Å²) in [5, 5.41) is 12.0. The Kier molecular flexibility index (Phi) is 5.68. The predicted molar refractivity (Wildman–Crippen MR) is 67.5 cm³/mol. The number of aliphatic hydroxyl groups is 1. The van der Waals surface area contributed by atoms with Crippen LogP contribution in [0.2, 0.25) is 10.2 Å². The zero-order chi connectivity index (χ0) is 12.8. The molecule has 17 heavy (non-hydrogen) atoms. The van der Waals surface area contributed by atoms with Crippen LogP contribution < -0.4 is 5.32 Å². The molecule has 0 aromatic carbocycles. The topological polar surface area (TPSA) is 62.2 Å². The summed E-state index contributed by atoms with van der Waals surface area (Å²) in [7, 11) is 0. The Labute approximate surface area is 110 Å². The molecule has 0 aliphatic carbocycles. The molecule has 1 heterocycles. The second kappa shape index (κ2) is 6.79. The van der Waals surface area contributed by atoms with E-state index < -0.39 is 0 Å². The molecule has 1 rings (SSSR count). The highest BCUT2D eigenvalue weighted by Gasteiger charge is 2.12. The normalized spacial score (nSPS) is 12.2. The largest absolute Gasteiger partial charge is 0.396 e. The van der Waals surface area contributed by atoms with Gasteiger partial charge < -0.3 is 10.4 Å². The first-order valence-corrected chi connectivity index (χ1v) is 6.00. The monoisotopic (exact) mass is 276 g/mol. The average molecular weight is 277 g/mol. The van der Waals surface area contributed by atoms with Crippen LogP contribution in [-0.2, 0) is 0 Å². The number of pyridine rings is 1. The maximum atomic E-state index is 11.8. The Bertz CT molecular complexity index is 399. The molecule has 0 aliphatic heterocycles. The van der Waals surface area contributed by atoms with E-state index in [1.807, 2.05) is 6.92 Å². The van der Waals surface area contributed by atoms with Gasteiger partial charge in [0.05, 0.1) is 10.6 Å². The molecule has 1 amide bonds. The molecule has 0 saturated carbocycles. The number of hydrogen-bond acceptors (Lipinski definition) is 3. The molecular weight excluding hydrogens is 263 g/mol. The summed E-state index contributed by atoms with van der Waals surface area (Å²) in [6.45, 7) is 2.53. The lowest BCUT2D eigenvalue weighted by Gasteiger charge is -2.11. The van der Waals surface area contributed by atoms with Crippen molar-refractivity contribution >= 4 is 29.1 Å². The minimum absolute atomic E-state index is 0.110. The molecule has 1 unspecified atom stereocenters. The van der Waals surface area contributed by atoms with Crippen LogP contribution in [0.3, 0.4) is 0 Å². The Hall–Kier alpha value is -0.840. The van der Waals surface area contributed by atoms with Crippen LogP contribution in [0.1, 0.15) is 23.7 Å². The van der Waals surface area contributed by atoms with Crippen molar-refractivity contribution < 1.29 is 9.90 Å². The van der Waals surface area contributed by atoms with Gasteiger partial charge in [-0.2, -0.15) is 0 Å². The van der Waals surface area contributed by atoms with Crippen molar-refractivity contribution in [1.82, 2.24) is 10.3 Å². The molecule has 4 nitrogen and oxygen atoms in total. The van der Waals surface area contributed by atoms with E-state index in [4.69, 9.17) is 28.3 Å². The summed E-state index contributed by atoms with van der Waals surface area (Å²) in [6, 6.07) is 1.43. The fourth-order valence-corrected chi connectivity index (χ4v) is 1.62. The van der Waals surface area contributed by atoms with Crippen molar-refractivity contribution in [3.63, 3.8) is 0 Å². The number of aliphatic hydroxyl groups excluding tert-OH is 1. The molecule has 0 radical (unpaired) electrons. The first kappa shape index (κ1) is 14.2. The summed E-state index contributed by atoms with van der Waals surface area (Å²) in [5.74, 6) is -0.0795. The highest BCUT2D eigenvalue weighted by atomic mass is 35.5. The minimum atomic E-state index is -0.288. The molecule has 0 saturated heterocycles. The standard InChI is InChI=1S/C11H14Cl2N2O2/c1-7(2-3-16)5-15-11(17)8-4-10(13)14-6-9(8)12/h4,6-7,16H,2-3,5H2,1H3,(H,15,17). The van der Waals surface area contributed by atoms with Crippen molar-refractivity contribution in [1.29, 1.82) is 0 Å². The molecule has 0 fully saturated rings. The molecule has 1 aromatic rings. The van der Waals surface area contributed by atoms with Crippen LogP contribution in [0.15, 0.2) is 12.3 Å². The van der Waals surface area contributed by atoms with Gasteiger partial charge in [0.1, 0.15) is 5.15 Å². The molecule has 0 spiro atoms. The summed E-state index contributed by atoms with van der Waals surface area (Å²) < 4.78 is 0. The van der Waals surface area contributed by atoms with E-state index in [1.165, 1.54) is 12.3 Å². The van der Waals surface area contributed by atoms with Crippen LogP contribution in [-0.4, -0.2) is 29.1 Å². The van der Waals surface area contributed by atoms with E-state index in [9.17, 15) is 4.79 Å². The van der Waals surface area contributed by atoms with Crippen molar-refractivity contribution in [2.75, 3.05) is 13.2 Å². The second-order valence-corrected chi connectivity index (χ2v) is 4.61.